The molecule has 1 amide bonds. The van der Waals surface area contributed by atoms with E-state index in [9.17, 15) is 9.59 Å². The molecule has 0 saturated carbocycles. The first-order chi connectivity index (χ1) is 14.1. The Hall–Kier alpha value is -3.61. The smallest absolute Gasteiger partial charge is 0.267 e. The van der Waals surface area contributed by atoms with Crippen molar-refractivity contribution in [2.45, 2.75) is 19.4 Å². The van der Waals surface area contributed by atoms with Gasteiger partial charge in [0.15, 0.2) is 0 Å². The van der Waals surface area contributed by atoms with Crippen LogP contribution in [0.2, 0.25) is 0 Å². The van der Waals surface area contributed by atoms with Gasteiger partial charge in [0.1, 0.15) is 17.5 Å². The zero-order chi connectivity index (χ0) is 20.8. The molecule has 7 nitrogen and oxygen atoms in total. The van der Waals surface area contributed by atoms with E-state index in [2.05, 4.69) is 10.4 Å². The molecule has 7 heteroatoms. The predicted octanol–water partition coefficient (Wildman–Crippen LogP) is 3.52. The number of nitrogens with one attached hydrogen (secondary N) is 1. The second kappa shape index (κ2) is 9.05. The van der Waals surface area contributed by atoms with Gasteiger partial charge in [0.2, 0.25) is 5.91 Å². The molecule has 0 aliphatic carbocycles. The molecule has 0 radical (unpaired) electrons. The summed E-state index contributed by atoms with van der Waals surface area (Å²) in [4.78, 5) is 25.4. The average molecular weight is 393 g/mol. The van der Waals surface area contributed by atoms with Gasteiger partial charge in [-0.25, -0.2) is 4.68 Å². The average Bonchev–Trinajstić information content (AvgIpc) is 2.76. The Bertz CT molecular complexity index is 1040. The number of benzene rings is 2. The molecule has 0 saturated heterocycles. The molecule has 0 fully saturated rings. The van der Waals surface area contributed by atoms with Crippen molar-refractivity contribution < 1.29 is 14.3 Å². The molecule has 150 valence electrons. The number of carbonyl (C=O) groups excluding carboxylic acids is 1. The highest BCUT2D eigenvalue weighted by Gasteiger charge is 2.22. The minimum Gasteiger partial charge on any atom is -0.497 e. The van der Waals surface area contributed by atoms with E-state index in [1.165, 1.54) is 17.9 Å². The minimum atomic E-state index is -0.759. The maximum atomic E-state index is 12.9. The molecule has 1 heterocycles. The molecule has 0 unspecified atom stereocenters. The van der Waals surface area contributed by atoms with Crippen molar-refractivity contribution in [3.8, 4) is 22.8 Å². The van der Waals surface area contributed by atoms with Crippen LogP contribution in [0, 0.1) is 0 Å². The molecule has 0 bridgehead atoms. The number of carbonyl (C=O) groups is 1. The van der Waals surface area contributed by atoms with E-state index in [-0.39, 0.29) is 11.5 Å². The second-order valence-electron chi connectivity index (χ2n) is 6.34. The fourth-order valence-electron chi connectivity index (χ4n) is 3.00. The number of para-hydroxylation sites is 2. The monoisotopic (exact) mass is 393 g/mol. The highest BCUT2D eigenvalue weighted by Crippen LogP contribution is 2.25. The summed E-state index contributed by atoms with van der Waals surface area (Å²) in [5, 5.41) is 7.28. The van der Waals surface area contributed by atoms with Gasteiger partial charge in [-0.05, 0) is 48.9 Å². The summed E-state index contributed by atoms with van der Waals surface area (Å²) in [5.41, 5.74) is 1.61. The van der Waals surface area contributed by atoms with Crippen molar-refractivity contribution >= 4 is 11.6 Å². The predicted molar refractivity (Wildman–Crippen MR) is 111 cm³/mol. The summed E-state index contributed by atoms with van der Waals surface area (Å²) in [7, 11) is 3.13. The topological polar surface area (TPSA) is 82.4 Å². The first kappa shape index (κ1) is 20.1. The summed E-state index contributed by atoms with van der Waals surface area (Å²) in [6.45, 7) is 1.83. The maximum absolute atomic E-state index is 12.9. The third kappa shape index (κ3) is 4.45. The van der Waals surface area contributed by atoms with E-state index in [1.807, 2.05) is 37.3 Å². The van der Waals surface area contributed by atoms with Crippen LogP contribution in [0.5, 0.6) is 11.5 Å². The van der Waals surface area contributed by atoms with Crippen LogP contribution in [0.3, 0.4) is 0 Å². The molecule has 3 rings (SSSR count). The molecular formula is C22H23N3O4. The van der Waals surface area contributed by atoms with Crippen molar-refractivity contribution in [3.05, 3.63) is 71.0 Å². The lowest BCUT2D eigenvalue weighted by Crippen LogP contribution is -2.34. The first-order valence-corrected chi connectivity index (χ1v) is 9.25. The van der Waals surface area contributed by atoms with Gasteiger partial charge in [-0.1, -0.05) is 19.1 Å². The molecular weight excluding hydrogens is 370 g/mol. The number of ether oxygens (including phenoxy) is 2. The molecule has 3 aromatic rings. The SMILES string of the molecule is CC[C@H](C(=O)Nc1ccccc1OC)n1nc(-c2ccc(OC)cc2)ccc1=O. The van der Waals surface area contributed by atoms with E-state index in [0.717, 1.165) is 11.3 Å². The Morgan fingerprint density at radius 3 is 2.41 bits per heavy atom. The fraction of sp³-hybridized carbons (Fsp3) is 0.227. The highest BCUT2D eigenvalue weighted by atomic mass is 16.5. The number of methoxy groups -OCH3 is 2. The molecule has 0 aliphatic rings. The Morgan fingerprint density at radius 2 is 1.76 bits per heavy atom. The molecule has 0 aliphatic heterocycles. The van der Waals surface area contributed by atoms with Crippen LogP contribution >= 0.6 is 0 Å². The standard InChI is InChI=1S/C22H23N3O4/c1-4-19(22(27)23-18-7-5-6-8-20(18)29-3)25-21(26)14-13-17(24-25)15-9-11-16(28-2)12-10-15/h5-14,19H,4H2,1-3H3,(H,23,27)/t19-/m1/s1. The molecule has 29 heavy (non-hydrogen) atoms. The first-order valence-electron chi connectivity index (χ1n) is 9.25. The molecule has 1 N–H and O–H groups in total. The Labute approximate surface area is 168 Å². The van der Waals surface area contributed by atoms with Crippen LogP contribution < -0.4 is 20.3 Å². The van der Waals surface area contributed by atoms with Gasteiger partial charge in [0.25, 0.3) is 5.56 Å². The maximum Gasteiger partial charge on any atom is 0.267 e. The number of anilines is 1. The summed E-state index contributed by atoms with van der Waals surface area (Å²) in [6, 6.07) is 16.8. The summed E-state index contributed by atoms with van der Waals surface area (Å²) >= 11 is 0. The van der Waals surface area contributed by atoms with Crippen LogP contribution in [0.4, 0.5) is 5.69 Å². The normalized spacial score (nSPS) is 11.6. The van der Waals surface area contributed by atoms with E-state index < -0.39 is 6.04 Å². The van der Waals surface area contributed by atoms with E-state index in [0.29, 0.717) is 23.6 Å². The van der Waals surface area contributed by atoms with Crippen LogP contribution in [0.1, 0.15) is 19.4 Å². The lowest BCUT2D eigenvalue weighted by atomic mass is 10.1. The van der Waals surface area contributed by atoms with Crippen LogP contribution in [-0.2, 0) is 4.79 Å². The quantitative estimate of drug-likeness (QED) is 0.664. The van der Waals surface area contributed by atoms with E-state index in [4.69, 9.17) is 9.47 Å². The van der Waals surface area contributed by atoms with Gasteiger partial charge >= 0.3 is 0 Å². The van der Waals surface area contributed by atoms with Gasteiger partial charge in [-0.3, -0.25) is 9.59 Å². The van der Waals surface area contributed by atoms with Crippen molar-refractivity contribution in [1.29, 1.82) is 0 Å². The number of hydrogen-bond donors (Lipinski definition) is 1. The summed E-state index contributed by atoms with van der Waals surface area (Å²) in [5.74, 6) is 0.936. The summed E-state index contributed by atoms with van der Waals surface area (Å²) in [6.07, 6.45) is 0.403. The zero-order valence-corrected chi connectivity index (χ0v) is 16.6. The minimum absolute atomic E-state index is 0.335. The van der Waals surface area contributed by atoms with Gasteiger partial charge < -0.3 is 14.8 Å². The van der Waals surface area contributed by atoms with Gasteiger partial charge in [0, 0.05) is 11.6 Å². The van der Waals surface area contributed by atoms with Crippen molar-refractivity contribution in [2.75, 3.05) is 19.5 Å². The Morgan fingerprint density at radius 1 is 1.03 bits per heavy atom. The molecule has 1 atom stereocenters. The fourth-order valence-corrected chi connectivity index (χ4v) is 3.00. The van der Waals surface area contributed by atoms with Gasteiger partial charge in [-0.15, -0.1) is 0 Å². The lowest BCUT2D eigenvalue weighted by Gasteiger charge is -2.18. The van der Waals surface area contributed by atoms with Gasteiger partial charge in [0.05, 0.1) is 25.6 Å². The molecule has 2 aromatic carbocycles. The number of hydrogen-bond acceptors (Lipinski definition) is 5. The van der Waals surface area contributed by atoms with Crippen LogP contribution in [-0.4, -0.2) is 29.9 Å². The van der Waals surface area contributed by atoms with Crippen molar-refractivity contribution in [2.24, 2.45) is 0 Å². The van der Waals surface area contributed by atoms with Gasteiger partial charge in [-0.2, -0.15) is 5.10 Å². The van der Waals surface area contributed by atoms with E-state index in [1.54, 1.807) is 31.4 Å². The number of rotatable bonds is 7. The Balaban J connectivity index is 1.92. The van der Waals surface area contributed by atoms with Crippen molar-refractivity contribution in [1.82, 2.24) is 9.78 Å². The second-order valence-corrected chi connectivity index (χ2v) is 6.34. The zero-order valence-electron chi connectivity index (χ0n) is 16.6. The van der Waals surface area contributed by atoms with Crippen LogP contribution in [0.25, 0.3) is 11.3 Å². The third-order valence-corrected chi connectivity index (χ3v) is 4.56. The highest BCUT2D eigenvalue weighted by molar-refractivity contribution is 5.95. The molecule has 0 spiro atoms. The summed E-state index contributed by atoms with van der Waals surface area (Å²) < 4.78 is 11.7. The van der Waals surface area contributed by atoms with E-state index >= 15 is 0 Å². The Kier molecular flexibility index (Phi) is 6.29. The molecule has 1 aromatic heterocycles. The number of aromatic nitrogens is 2. The largest absolute Gasteiger partial charge is 0.497 e. The van der Waals surface area contributed by atoms with Crippen LogP contribution in [0.15, 0.2) is 65.5 Å². The third-order valence-electron chi connectivity index (χ3n) is 4.56. The number of nitrogens with zero attached hydrogens (tertiary/aromatic N) is 2. The van der Waals surface area contributed by atoms with Crippen molar-refractivity contribution in [3.63, 3.8) is 0 Å². The lowest BCUT2D eigenvalue weighted by molar-refractivity contribution is -0.119. The number of amides is 1.